The van der Waals surface area contributed by atoms with Crippen LogP contribution in [0, 0.1) is 0 Å². The summed E-state index contributed by atoms with van der Waals surface area (Å²) < 4.78 is 36.6. The molecule has 32 heavy (non-hydrogen) atoms. The Hall–Kier alpha value is -3.85. The SMILES string of the molecule is COC(=O)c1ccc(NC(=O)c2ccc(N(C)S(=O)(=O)c3ccc(OC)cc3)cc2)cc1. The number of esters is 1. The van der Waals surface area contributed by atoms with Crippen LogP contribution in [0.2, 0.25) is 0 Å². The summed E-state index contributed by atoms with van der Waals surface area (Å²) in [5.41, 5.74) is 1.63. The Morgan fingerprint density at radius 1 is 0.812 bits per heavy atom. The lowest BCUT2D eigenvalue weighted by atomic mass is 10.1. The molecule has 0 aliphatic carbocycles. The molecular weight excluding hydrogens is 432 g/mol. The van der Waals surface area contributed by atoms with Gasteiger partial charge in [0.05, 0.1) is 30.4 Å². The number of carbonyl (C=O) groups is 2. The predicted molar refractivity (Wildman–Crippen MR) is 121 cm³/mol. The third-order valence-corrected chi connectivity index (χ3v) is 6.57. The molecule has 0 aliphatic rings. The highest BCUT2D eigenvalue weighted by Gasteiger charge is 2.21. The van der Waals surface area contributed by atoms with Gasteiger partial charge in [0.1, 0.15) is 5.75 Å². The maximum atomic E-state index is 12.9. The number of carbonyl (C=O) groups excluding carboxylic acids is 2. The van der Waals surface area contributed by atoms with Crippen LogP contribution in [0.25, 0.3) is 0 Å². The Balaban J connectivity index is 1.72. The zero-order valence-corrected chi connectivity index (χ0v) is 18.5. The van der Waals surface area contributed by atoms with Gasteiger partial charge < -0.3 is 14.8 Å². The predicted octanol–water partition coefficient (Wildman–Crippen LogP) is 3.56. The van der Waals surface area contributed by atoms with E-state index in [0.717, 1.165) is 4.31 Å². The number of ether oxygens (including phenoxy) is 2. The Kier molecular flexibility index (Phi) is 6.79. The van der Waals surface area contributed by atoms with E-state index < -0.39 is 16.0 Å². The maximum absolute atomic E-state index is 12.9. The highest BCUT2D eigenvalue weighted by molar-refractivity contribution is 7.92. The molecule has 0 bridgehead atoms. The van der Waals surface area contributed by atoms with Crippen LogP contribution in [0.1, 0.15) is 20.7 Å². The minimum atomic E-state index is -3.77. The number of hydrogen-bond acceptors (Lipinski definition) is 6. The van der Waals surface area contributed by atoms with E-state index in [9.17, 15) is 18.0 Å². The third kappa shape index (κ3) is 4.89. The number of anilines is 2. The first-order valence-corrected chi connectivity index (χ1v) is 10.9. The van der Waals surface area contributed by atoms with Crippen molar-refractivity contribution < 1.29 is 27.5 Å². The van der Waals surface area contributed by atoms with E-state index in [1.165, 1.54) is 45.5 Å². The zero-order valence-electron chi connectivity index (χ0n) is 17.7. The van der Waals surface area contributed by atoms with E-state index >= 15 is 0 Å². The van der Waals surface area contributed by atoms with Crippen LogP contribution in [0.4, 0.5) is 11.4 Å². The monoisotopic (exact) mass is 454 g/mol. The second kappa shape index (κ2) is 9.52. The van der Waals surface area contributed by atoms with Gasteiger partial charge in [-0.25, -0.2) is 13.2 Å². The minimum Gasteiger partial charge on any atom is -0.497 e. The fourth-order valence-electron chi connectivity index (χ4n) is 2.88. The molecule has 3 rings (SSSR count). The molecule has 3 aromatic carbocycles. The highest BCUT2D eigenvalue weighted by Crippen LogP contribution is 2.24. The van der Waals surface area contributed by atoms with Gasteiger partial charge in [0.15, 0.2) is 0 Å². The molecular formula is C23H22N2O6S. The fourth-order valence-corrected chi connectivity index (χ4v) is 4.07. The van der Waals surface area contributed by atoms with Gasteiger partial charge in [-0.2, -0.15) is 0 Å². The first-order valence-electron chi connectivity index (χ1n) is 9.49. The van der Waals surface area contributed by atoms with Gasteiger partial charge in [-0.3, -0.25) is 9.10 Å². The molecule has 166 valence electrons. The lowest BCUT2D eigenvalue weighted by Crippen LogP contribution is -2.26. The van der Waals surface area contributed by atoms with Crippen LogP contribution in [0.3, 0.4) is 0 Å². The van der Waals surface area contributed by atoms with Crippen molar-refractivity contribution in [2.75, 3.05) is 30.9 Å². The summed E-state index contributed by atoms with van der Waals surface area (Å²) in [5.74, 6) is -0.280. The topological polar surface area (TPSA) is 102 Å². The van der Waals surface area contributed by atoms with Gasteiger partial charge in [0.2, 0.25) is 0 Å². The fraction of sp³-hybridized carbons (Fsp3) is 0.130. The molecule has 3 aromatic rings. The highest BCUT2D eigenvalue weighted by atomic mass is 32.2. The smallest absolute Gasteiger partial charge is 0.337 e. The number of rotatable bonds is 7. The maximum Gasteiger partial charge on any atom is 0.337 e. The molecule has 9 heteroatoms. The number of amides is 1. The minimum absolute atomic E-state index is 0.123. The number of hydrogen-bond donors (Lipinski definition) is 1. The molecule has 8 nitrogen and oxygen atoms in total. The van der Waals surface area contributed by atoms with Crippen molar-refractivity contribution in [2.24, 2.45) is 0 Å². The quantitative estimate of drug-likeness (QED) is 0.548. The van der Waals surface area contributed by atoms with Crippen LogP contribution in [-0.4, -0.2) is 41.6 Å². The Bertz CT molecular complexity index is 1200. The van der Waals surface area contributed by atoms with Crippen LogP contribution in [-0.2, 0) is 14.8 Å². The molecule has 0 saturated carbocycles. The lowest BCUT2D eigenvalue weighted by Gasteiger charge is -2.20. The zero-order chi connectivity index (χ0) is 23.3. The number of nitrogens with one attached hydrogen (secondary N) is 1. The van der Waals surface area contributed by atoms with Crippen molar-refractivity contribution in [3.05, 3.63) is 83.9 Å². The lowest BCUT2D eigenvalue weighted by molar-refractivity contribution is 0.0600. The molecule has 0 aliphatic heterocycles. The van der Waals surface area contributed by atoms with Crippen molar-refractivity contribution >= 4 is 33.3 Å². The van der Waals surface area contributed by atoms with Crippen molar-refractivity contribution in [2.45, 2.75) is 4.90 Å². The van der Waals surface area contributed by atoms with Gasteiger partial charge >= 0.3 is 5.97 Å². The van der Waals surface area contributed by atoms with Gasteiger partial charge in [0, 0.05) is 18.3 Å². The van der Waals surface area contributed by atoms with Crippen LogP contribution < -0.4 is 14.4 Å². The average Bonchev–Trinajstić information content (AvgIpc) is 2.83. The van der Waals surface area contributed by atoms with Crippen molar-refractivity contribution in [3.8, 4) is 5.75 Å². The normalized spacial score (nSPS) is 10.8. The molecule has 0 unspecified atom stereocenters. The van der Waals surface area contributed by atoms with Gasteiger partial charge in [-0.1, -0.05) is 0 Å². The summed E-state index contributed by atoms with van der Waals surface area (Å²) >= 11 is 0. The third-order valence-electron chi connectivity index (χ3n) is 4.77. The molecule has 0 fully saturated rings. The van der Waals surface area contributed by atoms with E-state index in [1.807, 2.05) is 0 Å². The van der Waals surface area contributed by atoms with Gasteiger partial charge in [-0.15, -0.1) is 0 Å². The number of nitrogens with zero attached hydrogens (tertiary/aromatic N) is 1. The van der Waals surface area contributed by atoms with E-state index in [2.05, 4.69) is 10.1 Å². The van der Waals surface area contributed by atoms with Gasteiger partial charge in [0.25, 0.3) is 15.9 Å². The molecule has 1 N–H and O–H groups in total. The van der Waals surface area contributed by atoms with Crippen LogP contribution in [0.15, 0.2) is 77.7 Å². The molecule has 0 saturated heterocycles. The average molecular weight is 455 g/mol. The van der Waals surface area contributed by atoms with E-state index in [0.29, 0.717) is 28.3 Å². The summed E-state index contributed by atoms with van der Waals surface area (Å²) in [7, 11) is 0.467. The van der Waals surface area contributed by atoms with E-state index in [4.69, 9.17) is 4.74 Å². The second-order valence-corrected chi connectivity index (χ2v) is 8.69. The molecule has 0 radical (unpaired) electrons. The largest absolute Gasteiger partial charge is 0.497 e. The first-order chi connectivity index (χ1) is 15.3. The van der Waals surface area contributed by atoms with Crippen molar-refractivity contribution in [1.82, 2.24) is 0 Å². The molecule has 0 atom stereocenters. The van der Waals surface area contributed by atoms with Crippen LogP contribution >= 0.6 is 0 Å². The van der Waals surface area contributed by atoms with E-state index in [-0.39, 0.29) is 10.8 Å². The summed E-state index contributed by atoms with van der Waals surface area (Å²) in [5, 5.41) is 2.72. The van der Waals surface area contributed by atoms with Crippen LogP contribution in [0.5, 0.6) is 5.75 Å². The Labute approximate surface area is 186 Å². The summed E-state index contributed by atoms with van der Waals surface area (Å²) in [6.07, 6.45) is 0. The molecule has 1 amide bonds. The second-order valence-electron chi connectivity index (χ2n) is 6.72. The number of sulfonamides is 1. The molecule has 0 spiro atoms. The number of methoxy groups -OCH3 is 2. The Morgan fingerprint density at radius 2 is 1.38 bits per heavy atom. The van der Waals surface area contributed by atoms with Gasteiger partial charge in [-0.05, 0) is 72.8 Å². The summed E-state index contributed by atoms with van der Waals surface area (Å²) in [6.45, 7) is 0. The molecule has 0 heterocycles. The Morgan fingerprint density at radius 3 is 1.91 bits per heavy atom. The van der Waals surface area contributed by atoms with Crippen molar-refractivity contribution in [3.63, 3.8) is 0 Å². The number of benzene rings is 3. The summed E-state index contributed by atoms with van der Waals surface area (Å²) in [6, 6.07) is 18.5. The van der Waals surface area contributed by atoms with E-state index in [1.54, 1.807) is 48.5 Å². The standard InChI is InChI=1S/C23H22N2O6S/c1-25(32(28,29)21-14-12-20(30-2)13-15-21)19-10-6-16(7-11-19)22(26)24-18-8-4-17(5-9-18)23(27)31-3/h4-15H,1-3H3,(H,24,26). The summed E-state index contributed by atoms with van der Waals surface area (Å²) in [4.78, 5) is 24.1. The first kappa shape index (κ1) is 22.8. The molecule has 0 aromatic heterocycles. The van der Waals surface area contributed by atoms with Crippen molar-refractivity contribution in [1.29, 1.82) is 0 Å².